The lowest BCUT2D eigenvalue weighted by molar-refractivity contribution is 0.218. The number of aromatic amines is 1. The number of ether oxygens (including phenoxy) is 1. The molecule has 20 heavy (non-hydrogen) atoms. The standard InChI is InChI=1S/C15H12ClFN2O/c1-9(20-11-5-2-4-10(16)8-11)15-18-13-7-3-6-12(17)14(13)19-15/h2-9H,1H3,(H,18,19). The lowest BCUT2D eigenvalue weighted by Gasteiger charge is -2.12. The van der Waals surface area contributed by atoms with E-state index in [0.29, 0.717) is 27.6 Å². The van der Waals surface area contributed by atoms with Gasteiger partial charge in [-0.25, -0.2) is 9.37 Å². The Morgan fingerprint density at radius 1 is 1.25 bits per heavy atom. The van der Waals surface area contributed by atoms with Crippen LogP contribution in [0.2, 0.25) is 5.02 Å². The number of hydrogen-bond acceptors (Lipinski definition) is 2. The molecule has 1 N–H and O–H groups in total. The zero-order valence-corrected chi connectivity index (χ0v) is 11.5. The van der Waals surface area contributed by atoms with E-state index < -0.39 is 0 Å². The lowest BCUT2D eigenvalue weighted by Crippen LogP contribution is -2.04. The van der Waals surface area contributed by atoms with Gasteiger partial charge in [0.25, 0.3) is 0 Å². The Kier molecular flexibility index (Phi) is 3.32. The van der Waals surface area contributed by atoms with Crippen molar-refractivity contribution < 1.29 is 9.13 Å². The van der Waals surface area contributed by atoms with Crippen LogP contribution in [0.3, 0.4) is 0 Å². The summed E-state index contributed by atoms with van der Waals surface area (Å²) in [5, 5.41) is 0.602. The van der Waals surface area contributed by atoms with Gasteiger partial charge in [-0.2, -0.15) is 0 Å². The second-order valence-corrected chi connectivity index (χ2v) is 4.91. The smallest absolute Gasteiger partial charge is 0.153 e. The number of halogens is 2. The fraction of sp³-hybridized carbons (Fsp3) is 0.133. The molecule has 0 bridgehead atoms. The van der Waals surface area contributed by atoms with Crippen LogP contribution >= 0.6 is 11.6 Å². The molecule has 0 amide bonds. The van der Waals surface area contributed by atoms with Crippen molar-refractivity contribution in [3.05, 3.63) is 59.1 Å². The molecule has 1 unspecified atom stereocenters. The van der Waals surface area contributed by atoms with Crippen LogP contribution in [0.15, 0.2) is 42.5 Å². The first-order chi connectivity index (χ1) is 9.63. The Balaban J connectivity index is 1.89. The van der Waals surface area contributed by atoms with Crippen molar-refractivity contribution in [3.8, 4) is 5.75 Å². The third kappa shape index (κ3) is 2.47. The summed E-state index contributed by atoms with van der Waals surface area (Å²) in [6.07, 6.45) is -0.333. The maximum atomic E-state index is 13.6. The van der Waals surface area contributed by atoms with E-state index >= 15 is 0 Å². The zero-order chi connectivity index (χ0) is 14.1. The second kappa shape index (κ2) is 5.13. The maximum absolute atomic E-state index is 13.6. The summed E-state index contributed by atoms with van der Waals surface area (Å²) in [6.45, 7) is 1.84. The van der Waals surface area contributed by atoms with Gasteiger partial charge in [0.15, 0.2) is 11.9 Å². The van der Waals surface area contributed by atoms with Gasteiger partial charge in [0.05, 0.1) is 5.52 Å². The van der Waals surface area contributed by atoms with Gasteiger partial charge in [-0.3, -0.25) is 0 Å². The summed E-state index contributed by atoms with van der Waals surface area (Å²) in [5.74, 6) is 0.871. The van der Waals surface area contributed by atoms with Crippen LogP contribution in [0.4, 0.5) is 4.39 Å². The summed E-state index contributed by atoms with van der Waals surface area (Å²) in [7, 11) is 0. The van der Waals surface area contributed by atoms with E-state index in [1.807, 2.05) is 19.1 Å². The topological polar surface area (TPSA) is 37.9 Å². The molecule has 0 aliphatic carbocycles. The first-order valence-corrected chi connectivity index (χ1v) is 6.57. The van der Waals surface area contributed by atoms with Gasteiger partial charge in [0.1, 0.15) is 17.1 Å². The molecule has 3 aromatic rings. The van der Waals surface area contributed by atoms with E-state index in [9.17, 15) is 4.39 Å². The number of benzene rings is 2. The van der Waals surface area contributed by atoms with Crippen molar-refractivity contribution in [2.75, 3.05) is 0 Å². The molecule has 1 aromatic heterocycles. The van der Waals surface area contributed by atoms with Crippen LogP contribution in [0.25, 0.3) is 11.0 Å². The van der Waals surface area contributed by atoms with E-state index in [1.54, 1.807) is 24.3 Å². The maximum Gasteiger partial charge on any atom is 0.153 e. The number of rotatable bonds is 3. The Hall–Kier alpha value is -2.07. The lowest BCUT2D eigenvalue weighted by atomic mass is 10.3. The summed E-state index contributed by atoms with van der Waals surface area (Å²) < 4.78 is 19.4. The highest BCUT2D eigenvalue weighted by Gasteiger charge is 2.14. The van der Waals surface area contributed by atoms with Crippen molar-refractivity contribution >= 4 is 22.6 Å². The van der Waals surface area contributed by atoms with Gasteiger partial charge in [0, 0.05) is 5.02 Å². The van der Waals surface area contributed by atoms with E-state index in [1.165, 1.54) is 6.07 Å². The van der Waals surface area contributed by atoms with E-state index in [-0.39, 0.29) is 11.9 Å². The minimum atomic E-state index is -0.347. The van der Waals surface area contributed by atoms with E-state index in [4.69, 9.17) is 16.3 Å². The molecule has 2 aromatic carbocycles. The molecule has 0 saturated heterocycles. The zero-order valence-electron chi connectivity index (χ0n) is 10.7. The molecule has 0 aliphatic rings. The number of imidazole rings is 1. The van der Waals surface area contributed by atoms with Crippen LogP contribution in [0.5, 0.6) is 5.75 Å². The monoisotopic (exact) mass is 290 g/mol. The van der Waals surface area contributed by atoms with Crippen molar-refractivity contribution in [2.24, 2.45) is 0 Å². The van der Waals surface area contributed by atoms with Crippen molar-refractivity contribution in [3.63, 3.8) is 0 Å². The second-order valence-electron chi connectivity index (χ2n) is 4.48. The highest BCUT2D eigenvalue weighted by Crippen LogP contribution is 2.24. The van der Waals surface area contributed by atoms with Crippen LogP contribution in [-0.4, -0.2) is 9.97 Å². The van der Waals surface area contributed by atoms with Crippen LogP contribution < -0.4 is 4.74 Å². The number of nitrogens with zero attached hydrogens (tertiary/aromatic N) is 1. The molecule has 1 heterocycles. The Morgan fingerprint density at radius 2 is 2.05 bits per heavy atom. The molecule has 102 valence electrons. The van der Waals surface area contributed by atoms with Crippen LogP contribution in [-0.2, 0) is 0 Å². The average Bonchev–Trinajstić information content (AvgIpc) is 2.84. The fourth-order valence-electron chi connectivity index (χ4n) is 2.01. The minimum absolute atomic E-state index is 0.323. The number of fused-ring (bicyclic) bond motifs is 1. The first kappa shape index (κ1) is 12.9. The molecule has 0 fully saturated rings. The highest BCUT2D eigenvalue weighted by molar-refractivity contribution is 6.30. The Bertz CT molecular complexity index is 756. The molecule has 0 spiro atoms. The molecular formula is C15H12ClFN2O. The summed E-state index contributed by atoms with van der Waals surface area (Å²) in [5.41, 5.74) is 0.977. The first-order valence-electron chi connectivity index (χ1n) is 6.20. The minimum Gasteiger partial charge on any atom is -0.483 e. The number of hydrogen-bond donors (Lipinski definition) is 1. The average molecular weight is 291 g/mol. The van der Waals surface area contributed by atoms with Gasteiger partial charge >= 0.3 is 0 Å². The molecule has 3 nitrogen and oxygen atoms in total. The summed E-state index contributed by atoms with van der Waals surface area (Å²) in [6, 6.07) is 11.9. The predicted molar refractivity (Wildman–Crippen MR) is 76.5 cm³/mol. The summed E-state index contributed by atoms with van der Waals surface area (Å²) in [4.78, 5) is 7.30. The molecule has 0 aliphatic heterocycles. The third-order valence-electron chi connectivity index (χ3n) is 2.98. The molecule has 0 radical (unpaired) electrons. The van der Waals surface area contributed by atoms with Crippen molar-refractivity contribution in [1.82, 2.24) is 9.97 Å². The quantitative estimate of drug-likeness (QED) is 0.771. The van der Waals surface area contributed by atoms with Crippen molar-refractivity contribution in [2.45, 2.75) is 13.0 Å². The van der Waals surface area contributed by atoms with Crippen LogP contribution in [0.1, 0.15) is 18.9 Å². The largest absolute Gasteiger partial charge is 0.483 e. The molecular weight excluding hydrogens is 279 g/mol. The Labute approximate surface area is 120 Å². The number of aromatic nitrogens is 2. The summed E-state index contributed by atoms with van der Waals surface area (Å²) >= 11 is 5.91. The van der Waals surface area contributed by atoms with Gasteiger partial charge in [0.2, 0.25) is 0 Å². The van der Waals surface area contributed by atoms with Crippen molar-refractivity contribution in [1.29, 1.82) is 0 Å². The molecule has 1 atom stereocenters. The molecule has 0 saturated carbocycles. The van der Waals surface area contributed by atoms with Crippen LogP contribution in [0, 0.1) is 5.82 Å². The predicted octanol–water partition coefficient (Wildman–Crippen LogP) is 4.50. The van der Waals surface area contributed by atoms with Gasteiger partial charge in [-0.05, 0) is 37.3 Å². The third-order valence-corrected chi connectivity index (χ3v) is 3.21. The van der Waals surface area contributed by atoms with Gasteiger partial charge in [-0.1, -0.05) is 23.7 Å². The normalized spacial score (nSPS) is 12.6. The molecule has 5 heteroatoms. The molecule has 3 rings (SSSR count). The SMILES string of the molecule is CC(Oc1cccc(Cl)c1)c1nc2c(F)cccc2[nH]1. The number of para-hydroxylation sites is 1. The highest BCUT2D eigenvalue weighted by atomic mass is 35.5. The van der Waals surface area contributed by atoms with Gasteiger partial charge < -0.3 is 9.72 Å². The fourth-order valence-corrected chi connectivity index (χ4v) is 2.19. The van der Waals surface area contributed by atoms with E-state index in [0.717, 1.165) is 0 Å². The number of H-pyrrole nitrogens is 1. The number of nitrogens with one attached hydrogen (secondary N) is 1. The van der Waals surface area contributed by atoms with E-state index in [2.05, 4.69) is 9.97 Å². The Morgan fingerprint density at radius 3 is 2.80 bits per heavy atom. The van der Waals surface area contributed by atoms with Gasteiger partial charge in [-0.15, -0.1) is 0 Å².